The summed E-state index contributed by atoms with van der Waals surface area (Å²) in [5.41, 5.74) is 1.42. The van der Waals surface area contributed by atoms with E-state index in [2.05, 4.69) is 5.32 Å². The van der Waals surface area contributed by atoms with Crippen molar-refractivity contribution in [1.29, 1.82) is 0 Å². The van der Waals surface area contributed by atoms with Gasteiger partial charge < -0.3 is 10.3 Å². The van der Waals surface area contributed by atoms with Crippen LogP contribution in [0.5, 0.6) is 0 Å². The molecule has 0 atom stereocenters. The number of hydrogen-bond acceptors (Lipinski definition) is 2. The number of carbonyl (C=O) groups excluding carboxylic acids is 1. The fourth-order valence-electron chi connectivity index (χ4n) is 1.06. The molecule has 0 heterocycles. The minimum atomic E-state index is -0.487. The smallest absolute Gasteiger partial charge is 0.320 e. The Labute approximate surface area is 77.9 Å². The van der Waals surface area contributed by atoms with Crippen LogP contribution in [0.3, 0.4) is 0 Å². The Morgan fingerprint density at radius 1 is 1.38 bits per heavy atom. The van der Waals surface area contributed by atoms with E-state index in [1.165, 1.54) is 0 Å². The molecule has 0 bridgehead atoms. The predicted octanol–water partition coefficient (Wildman–Crippen LogP) is -0.133. The van der Waals surface area contributed by atoms with Crippen LogP contribution in [0.15, 0.2) is 24.3 Å². The van der Waals surface area contributed by atoms with E-state index in [0.717, 1.165) is 5.46 Å². The molecule has 0 unspecified atom stereocenters. The second kappa shape index (κ2) is 4.09. The average Bonchev–Trinajstić information content (AvgIpc) is 2.17. The molecule has 13 heavy (non-hydrogen) atoms. The lowest BCUT2D eigenvalue weighted by Crippen LogP contribution is -2.26. The maximum Gasteiger partial charge on any atom is 0.320 e. The van der Waals surface area contributed by atoms with Crippen molar-refractivity contribution in [2.75, 3.05) is 7.05 Å². The lowest BCUT2D eigenvalue weighted by atomic mass is 9.64. The second-order valence-electron chi connectivity index (χ2n) is 2.88. The Bertz CT molecular complexity index is 295. The Balaban J connectivity index is 2.87. The molecule has 0 aliphatic carbocycles. The maximum absolute atomic E-state index is 11.1. The van der Waals surface area contributed by atoms with Crippen LogP contribution in [-0.4, -0.2) is 24.9 Å². The van der Waals surface area contributed by atoms with E-state index >= 15 is 0 Å². The molecule has 0 spiro atoms. The Hall–Kier alpha value is -1.29. The summed E-state index contributed by atoms with van der Waals surface area (Å²) in [5.74, 6) is -0.114. The first-order chi connectivity index (χ1) is 6.15. The Morgan fingerprint density at radius 2 is 1.92 bits per heavy atom. The van der Waals surface area contributed by atoms with Crippen LogP contribution in [0.2, 0.25) is 6.82 Å². The van der Waals surface area contributed by atoms with Gasteiger partial charge in [-0.2, -0.15) is 0 Å². The normalized spacial score (nSPS) is 9.46. The van der Waals surface area contributed by atoms with Gasteiger partial charge in [-0.05, 0) is 17.6 Å². The summed E-state index contributed by atoms with van der Waals surface area (Å²) in [6, 6.07) is 6.88. The molecule has 0 aliphatic heterocycles. The molecule has 68 valence electrons. The molecule has 0 saturated carbocycles. The third-order valence-corrected chi connectivity index (χ3v) is 1.88. The van der Waals surface area contributed by atoms with Gasteiger partial charge in [-0.15, -0.1) is 0 Å². The quantitative estimate of drug-likeness (QED) is 0.618. The monoisotopic (exact) mass is 177 g/mol. The van der Waals surface area contributed by atoms with Gasteiger partial charge in [0.15, 0.2) is 0 Å². The number of carbonyl (C=O) groups is 1. The minimum absolute atomic E-state index is 0.114. The highest BCUT2D eigenvalue weighted by atomic mass is 16.2. The molecule has 3 nitrogen and oxygen atoms in total. The zero-order chi connectivity index (χ0) is 9.84. The maximum atomic E-state index is 11.1. The fraction of sp³-hybridized carbons (Fsp3) is 0.222. The summed E-state index contributed by atoms with van der Waals surface area (Å²) in [5, 5.41) is 11.7. The summed E-state index contributed by atoms with van der Waals surface area (Å²) >= 11 is 0. The highest BCUT2D eigenvalue weighted by Crippen LogP contribution is 1.96. The van der Waals surface area contributed by atoms with Gasteiger partial charge in [-0.3, -0.25) is 4.79 Å². The van der Waals surface area contributed by atoms with Crippen LogP contribution in [0.25, 0.3) is 0 Å². The molecule has 4 heteroatoms. The van der Waals surface area contributed by atoms with Gasteiger partial charge >= 0.3 is 6.92 Å². The molecule has 2 N–H and O–H groups in total. The highest BCUT2D eigenvalue weighted by Gasteiger charge is 2.07. The summed E-state index contributed by atoms with van der Waals surface area (Å²) in [6.07, 6.45) is 0. The van der Waals surface area contributed by atoms with Crippen LogP contribution >= 0.6 is 0 Å². The topological polar surface area (TPSA) is 49.3 Å². The largest absolute Gasteiger partial charge is 0.447 e. The van der Waals surface area contributed by atoms with Gasteiger partial charge in [0.2, 0.25) is 0 Å². The zero-order valence-corrected chi connectivity index (χ0v) is 7.74. The third kappa shape index (κ3) is 2.32. The molecule has 0 fully saturated rings. The molecular formula is C9H12BNO2. The van der Waals surface area contributed by atoms with Crippen LogP contribution in [0.4, 0.5) is 0 Å². The minimum Gasteiger partial charge on any atom is -0.447 e. The summed E-state index contributed by atoms with van der Waals surface area (Å²) < 4.78 is 0. The molecule has 1 aromatic rings. The van der Waals surface area contributed by atoms with E-state index in [1.807, 2.05) is 0 Å². The molecular weight excluding hydrogens is 165 g/mol. The Morgan fingerprint density at radius 3 is 2.31 bits per heavy atom. The van der Waals surface area contributed by atoms with Crippen LogP contribution in [0.1, 0.15) is 10.4 Å². The van der Waals surface area contributed by atoms with Crippen molar-refractivity contribution < 1.29 is 9.82 Å². The first kappa shape index (κ1) is 9.80. The van der Waals surface area contributed by atoms with Crippen molar-refractivity contribution in [1.82, 2.24) is 5.32 Å². The van der Waals surface area contributed by atoms with E-state index in [4.69, 9.17) is 0 Å². The van der Waals surface area contributed by atoms with E-state index in [1.54, 1.807) is 38.1 Å². The van der Waals surface area contributed by atoms with Crippen LogP contribution in [-0.2, 0) is 0 Å². The lowest BCUT2D eigenvalue weighted by molar-refractivity contribution is 0.0963. The molecule has 0 aromatic heterocycles. The van der Waals surface area contributed by atoms with Crippen molar-refractivity contribution in [2.24, 2.45) is 0 Å². The zero-order valence-electron chi connectivity index (χ0n) is 7.74. The highest BCUT2D eigenvalue weighted by molar-refractivity contribution is 6.64. The number of hydrogen-bond donors (Lipinski definition) is 2. The fourth-order valence-corrected chi connectivity index (χ4v) is 1.06. The standard InChI is InChI=1S/C9H12BNO2/c1-10(13)8-5-3-7(4-6-8)9(12)11-2/h3-6,13H,1-2H3,(H,11,12). The number of amides is 1. The molecule has 1 rings (SSSR count). The molecule has 0 radical (unpaired) electrons. The summed E-state index contributed by atoms with van der Waals surface area (Å²) in [6.45, 7) is 1.20. The van der Waals surface area contributed by atoms with Gasteiger partial charge in [0.1, 0.15) is 0 Å². The lowest BCUT2D eigenvalue weighted by Gasteiger charge is -2.02. The molecule has 1 aromatic carbocycles. The average molecular weight is 177 g/mol. The van der Waals surface area contributed by atoms with Gasteiger partial charge in [-0.1, -0.05) is 19.0 Å². The Kier molecular flexibility index (Phi) is 3.09. The van der Waals surface area contributed by atoms with Crippen LogP contribution in [0, 0.1) is 0 Å². The first-order valence-electron chi connectivity index (χ1n) is 4.15. The molecule has 0 aliphatic rings. The summed E-state index contributed by atoms with van der Waals surface area (Å²) in [7, 11) is 1.59. The van der Waals surface area contributed by atoms with Gasteiger partial charge in [0.05, 0.1) is 0 Å². The van der Waals surface area contributed by atoms with Gasteiger partial charge in [0.25, 0.3) is 5.91 Å². The molecule has 0 saturated heterocycles. The SMILES string of the molecule is CNC(=O)c1ccc(B(C)O)cc1. The van der Waals surface area contributed by atoms with E-state index in [9.17, 15) is 9.82 Å². The summed E-state index contributed by atoms with van der Waals surface area (Å²) in [4.78, 5) is 11.1. The third-order valence-electron chi connectivity index (χ3n) is 1.88. The van der Waals surface area contributed by atoms with Crippen LogP contribution < -0.4 is 10.8 Å². The van der Waals surface area contributed by atoms with E-state index in [0.29, 0.717) is 5.56 Å². The number of rotatable bonds is 2. The first-order valence-corrected chi connectivity index (χ1v) is 4.15. The van der Waals surface area contributed by atoms with Crippen molar-refractivity contribution in [3.05, 3.63) is 29.8 Å². The van der Waals surface area contributed by atoms with Gasteiger partial charge in [-0.25, -0.2) is 0 Å². The van der Waals surface area contributed by atoms with Crippen molar-refractivity contribution in [2.45, 2.75) is 6.82 Å². The van der Waals surface area contributed by atoms with E-state index < -0.39 is 6.92 Å². The second-order valence-corrected chi connectivity index (χ2v) is 2.88. The number of benzene rings is 1. The van der Waals surface area contributed by atoms with Gasteiger partial charge in [0, 0.05) is 12.6 Å². The van der Waals surface area contributed by atoms with Crippen molar-refractivity contribution >= 4 is 18.3 Å². The molecule has 1 amide bonds. The van der Waals surface area contributed by atoms with Crippen molar-refractivity contribution in [3.8, 4) is 0 Å². The predicted molar refractivity (Wildman–Crippen MR) is 53.3 cm³/mol. The number of nitrogens with one attached hydrogen (secondary N) is 1. The van der Waals surface area contributed by atoms with Crippen molar-refractivity contribution in [3.63, 3.8) is 0 Å². The van der Waals surface area contributed by atoms with E-state index in [-0.39, 0.29) is 5.91 Å².